The van der Waals surface area contributed by atoms with E-state index in [0.29, 0.717) is 0 Å². The fraction of sp³-hybridized carbons (Fsp3) is 0.143. The standard InChI is InChI=1S/C7H6Cl2O3S/c8-7(9,13(10,11)12)6-4-2-1-3-5-6/h1-5H,(H,10,11,12). The first-order chi connectivity index (χ1) is 5.86. The van der Waals surface area contributed by atoms with Crippen molar-refractivity contribution in [1.82, 2.24) is 0 Å². The third-order valence-corrected chi connectivity index (χ3v) is 3.92. The minimum absolute atomic E-state index is 0.112. The van der Waals surface area contributed by atoms with E-state index in [2.05, 4.69) is 0 Å². The molecular weight excluding hydrogens is 235 g/mol. The maximum Gasteiger partial charge on any atom is 0.303 e. The molecule has 72 valence electrons. The topological polar surface area (TPSA) is 54.4 Å². The molecular formula is C7H6Cl2O3S. The maximum atomic E-state index is 10.7. The van der Waals surface area contributed by atoms with Gasteiger partial charge in [-0.25, -0.2) is 0 Å². The Balaban J connectivity index is 3.24. The van der Waals surface area contributed by atoms with Crippen LogP contribution in [0.3, 0.4) is 0 Å². The van der Waals surface area contributed by atoms with Gasteiger partial charge in [0.2, 0.25) is 0 Å². The summed E-state index contributed by atoms with van der Waals surface area (Å²) in [4.78, 5) is 0. The zero-order valence-corrected chi connectivity index (χ0v) is 8.64. The molecule has 0 atom stereocenters. The maximum absolute atomic E-state index is 10.7. The Kier molecular flexibility index (Phi) is 2.87. The predicted octanol–water partition coefficient (Wildman–Crippen LogP) is 2.16. The van der Waals surface area contributed by atoms with Crippen LogP contribution in [0.2, 0.25) is 0 Å². The second-order valence-electron chi connectivity index (χ2n) is 2.36. The van der Waals surface area contributed by atoms with Crippen molar-refractivity contribution in [2.24, 2.45) is 0 Å². The van der Waals surface area contributed by atoms with Gasteiger partial charge in [-0.1, -0.05) is 53.5 Å². The fourth-order valence-electron chi connectivity index (χ4n) is 0.781. The molecule has 0 aromatic heterocycles. The molecule has 0 amide bonds. The molecule has 0 bridgehead atoms. The normalized spacial score (nSPS) is 12.8. The van der Waals surface area contributed by atoms with Crippen LogP contribution in [-0.4, -0.2) is 13.0 Å². The number of halogens is 2. The SMILES string of the molecule is O=S(=O)(O)C(Cl)(Cl)c1ccccc1. The van der Waals surface area contributed by atoms with E-state index in [-0.39, 0.29) is 5.56 Å². The van der Waals surface area contributed by atoms with E-state index >= 15 is 0 Å². The molecule has 0 aliphatic heterocycles. The van der Waals surface area contributed by atoms with E-state index in [1.54, 1.807) is 18.2 Å². The summed E-state index contributed by atoms with van der Waals surface area (Å²) in [5, 5.41) is 0. The lowest BCUT2D eigenvalue weighted by atomic mass is 10.2. The Morgan fingerprint density at radius 2 is 1.62 bits per heavy atom. The molecule has 1 aromatic rings. The minimum Gasteiger partial charge on any atom is -0.283 e. The van der Waals surface area contributed by atoms with Crippen LogP contribution >= 0.6 is 23.2 Å². The summed E-state index contributed by atoms with van der Waals surface area (Å²) in [6.45, 7) is 0. The molecule has 0 unspecified atom stereocenters. The molecule has 0 heterocycles. The Morgan fingerprint density at radius 1 is 1.15 bits per heavy atom. The second-order valence-corrected chi connectivity index (χ2v) is 5.70. The highest BCUT2D eigenvalue weighted by molar-refractivity contribution is 7.89. The van der Waals surface area contributed by atoms with E-state index in [4.69, 9.17) is 27.8 Å². The van der Waals surface area contributed by atoms with Crippen LogP contribution in [0.1, 0.15) is 5.56 Å². The summed E-state index contributed by atoms with van der Waals surface area (Å²) in [7, 11) is -4.52. The molecule has 0 fully saturated rings. The summed E-state index contributed by atoms with van der Waals surface area (Å²) in [6.07, 6.45) is 0. The summed E-state index contributed by atoms with van der Waals surface area (Å²) < 4.78 is 27.9. The highest BCUT2D eigenvalue weighted by Crippen LogP contribution is 2.38. The van der Waals surface area contributed by atoms with Crippen molar-refractivity contribution in [3.8, 4) is 0 Å². The van der Waals surface area contributed by atoms with E-state index in [0.717, 1.165) is 0 Å². The Labute approximate surface area is 86.0 Å². The average Bonchev–Trinajstić information content (AvgIpc) is 2.04. The summed E-state index contributed by atoms with van der Waals surface area (Å²) in [6, 6.07) is 7.64. The molecule has 0 saturated carbocycles. The third-order valence-electron chi connectivity index (χ3n) is 1.43. The van der Waals surface area contributed by atoms with Crippen LogP contribution in [0.15, 0.2) is 30.3 Å². The van der Waals surface area contributed by atoms with Crippen LogP contribution < -0.4 is 0 Å². The predicted molar refractivity (Wildman–Crippen MR) is 51.4 cm³/mol. The first-order valence-corrected chi connectivity index (χ1v) is 5.45. The molecule has 0 radical (unpaired) electrons. The van der Waals surface area contributed by atoms with Crippen molar-refractivity contribution in [3.05, 3.63) is 35.9 Å². The molecule has 0 spiro atoms. The van der Waals surface area contributed by atoms with Gasteiger partial charge < -0.3 is 0 Å². The minimum atomic E-state index is -4.52. The molecule has 13 heavy (non-hydrogen) atoms. The zero-order valence-electron chi connectivity index (χ0n) is 6.31. The molecule has 1 rings (SSSR count). The largest absolute Gasteiger partial charge is 0.303 e. The van der Waals surface area contributed by atoms with E-state index in [1.807, 2.05) is 0 Å². The van der Waals surface area contributed by atoms with Gasteiger partial charge >= 0.3 is 10.1 Å². The van der Waals surface area contributed by atoms with Crippen molar-refractivity contribution in [1.29, 1.82) is 0 Å². The van der Waals surface area contributed by atoms with Crippen molar-refractivity contribution < 1.29 is 13.0 Å². The van der Waals surface area contributed by atoms with Crippen LogP contribution in [-0.2, 0) is 13.8 Å². The first-order valence-electron chi connectivity index (χ1n) is 3.26. The molecule has 0 aliphatic carbocycles. The number of rotatable bonds is 2. The van der Waals surface area contributed by atoms with Crippen LogP contribution in [0.5, 0.6) is 0 Å². The molecule has 1 N–H and O–H groups in total. The van der Waals surface area contributed by atoms with E-state index in [1.165, 1.54) is 12.1 Å². The molecule has 0 aliphatic rings. The first kappa shape index (κ1) is 10.8. The quantitative estimate of drug-likeness (QED) is 0.637. The third kappa shape index (κ3) is 2.14. The summed E-state index contributed by atoms with van der Waals surface area (Å²) in [5.74, 6) is 0. The number of hydrogen-bond acceptors (Lipinski definition) is 2. The van der Waals surface area contributed by atoms with Gasteiger partial charge in [0.05, 0.1) is 0 Å². The summed E-state index contributed by atoms with van der Waals surface area (Å²) in [5.41, 5.74) is 0.112. The van der Waals surface area contributed by atoms with Crippen LogP contribution in [0.25, 0.3) is 0 Å². The molecule has 0 saturated heterocycles. The van der Waals surface area contributed by atoms with Gasteiger partial charge in [0, 0.05) is 5.56 Å². The van der Waals surface area contributed by atoms with Gasteiger partial charge in [0.25, 0.3) is 3.67 Å². The monoisotopic (exact) mass is 240 g/mol. The van der Waals surface area contributed by atoms with Crippen molar-refractivity contribution >= 4 is 33.3 Å². The van der Waals surface area contributed by atoms with Gasteiger partial charge in [-0.05, 0) is 0 Å². The highest BCUT2D eigenvalue weighted by Gasteiger charge is 2.40. The fourth-order valence-corrected chi connectivity index (χ4v) is 1.47. The van der Waals surface area contributed by atoms with Gasteiger partial charge in [-0.15, -0.1) is 0 Å². The van der Waals surface area contributed by atoms with E-state index in [9.17, 15) is 8.42 Å². The lowest BCUT2D eigenvalue weighted by Gasteiger charge is -2.15. The second kappa shape index (κ2) is 3.46. The number of hydrogen-bond donors (Lipinski definition) is 1. The van der Waals surface area contributed by atoms with Gasteiger partial charge in [-0.3, -0.25) is 4.55 Å². The smallest absolute Gasteiger partial charge is 0.283 e. The van der Waals surface area contributed by atoms with Crippen molar-refractivity contribution in [2.75, 3.05) is 0 Å². The number of benzene rings is 1. The van der Waals surface area contributed by atoms with Crippen LogP contribution in [0.4, 0.5) is 0 Å². The van der Waals surface area contributed by atoms with E-state index < -0.39 is 13.8 Å². The Bertz CT molecular complexity index is 385. The van der Waals surface area contributed by atoms with Crippen molar-refractivity contribution in [2.45, 2.75) is 3.67 Å². The lowest BCUT2D eigenvalue weighted by molar-refractivity contribution is 0.475. The molecule has 6 heteroatoms. The zero-order chi connectivity index (χ0) is 10.1. The average molecular weight is 241 g/mol. The van der Waals surface area contributed by atoms with Gasteiger partial charge in [0.15, 0.2) is 0 Å². The molecule has 1 aromatic carbocycles. The molecule has 3 nitrogen and oxygen atoms in total. The lowest BCUT2D eigenvalue weighted by Crippen LogP contribution is -2.22. The van der Waals surface area contributed by atoms with Crippen LogP contribution in [0, 0.1) is 0 Å². The van der Waals surface area contributed by atoms with Gasteiger partial charge in [-0.2, -0.15) is 8.42 Å². The Morgan fingerprint density at radius 3 is 2.00 bits per heavy atom. The van der Waals surface area contributed by atoms with Gasteiger partial charge in [0.1, 0.15) is 0 Å². The number of alkyl halides is 2. The Hall–Kier alpha value is -0.290. The van der Waals surface area contributed by atoms with Crippen molar-refractivity contribution in [3.63, 3.8) is 0 Å². The highest BCUT2D eigenvalue weighted by atomic mass is 35.5. The summed E-state index contributed by atoms with van der Waals surface area (Å²) >= 11 is 10.9.